The lowest BCUT2D eigenvalue weighted by molar-refractivity contribution is -0.117. The SMILES string of the molecule is COc1ccccc1NC(=O)C1CC(C)Nc2ccccc21. The molecule has 2 aromatic rings. The molecule has 2 N–H and O–H groups in total. The van der Waals surface area contributed by atoms with Crippen LogP contribution >= 0.6 is 0 Å². The number of amides is 1. The second-order valence-corrected chi connectivity index (χ2v) is 5.61. The summed E-state index contributed by atoms with van der Waals surface area (Å²) < 4.78 is 5.30. The summed E-state index contributed by atoms with van der Waals surface area (Å²) in [5.41, 5.74) is 2.80. The third-order valence-electron chi connectivity index (χ3n) is 4.01. The number of fused-ring (bicyclic) bond motifs is 1. The molecule has 0 bridgehead atoms. The molecule has 0 saturated carbocycles. The van der Waals surface area contributed by atoms with Gasteiger partial charge in [0.25, 0.3) is 0 Å². The summed E-state index contributed by atoms with van der Waals surface area (Å²) in [6.07, 6.45) is 0.776. The number of carbonyl (C=O) groups is 1. The van der Waals surface area contributed by atoms with Gasteiger partial charge in [0, 0.05) is 11.7 Å². The maximum atomic E-state index is 12.7. The van der Waals surface area contributed by atoms with Crippen LogP contribution in [-0.2, 0) is 4.79 Å². The van der Waals surface area contributed by atoms with Gasteiger partial charge in [-0.3, -0.25) is 4.79 Å². The lowest BCUT2D eigenvalue weighted by Gasteiger charge is -2.30. The number of methoxy groups -OCH3 is 1. The molecule has 2 aromatic carbocycles. The summed E-state index contributed by atoms with van der Waals surface area (Å²) in [6, 6.07) is 15.7. The van der Waals surface area contributed by atoms with Gasteiger partial charge in [-0.05, 0) is 37.1 Å². The van der Waals surface area contributed by atoms with Crippen molar-refractivity contribution in [2.45, 2.75) is 25.3 Å². The predicted octanol–water partition coefficient (Wildman–Crippen LogP) is 3.62. The molecule has 4 heteroatoms. The van der Waals surface area contributed by atoms with Crippen molar-refractivity contribution in [2.24, 2.45) is 0 Å². The van der Waals surface area contributed by atoms with Crippen LogP contribution in [0.15, 0.2) is 48.5 Å². The Balaban J connectivity index is 1.86. The molecule has 0 spiro atoms. The Morgan fingerprint density at radius 2 is 1.91 bits per heavy atom. The molecule has 0 aromatic heterocycles. The van der Waals surface area contributed by atoms with Crippen molar-refractivity contribution in [1.29, 1.82) is 0 Å². The highest BCUT2D eigenvalue weighted by Gasteiger charge is 2.29. The minimum atomic E-state index is -0.155. The van der Waals surface area contributed by atoms with E-state index in [-0.39, 0.29) is 17.9 Å². The Labute approximate surface area is 130 Å². The van der Waals surface area contributed by atoms with Gasteiger partial charge in [0.2, 0.25) is 5.91 Å². The van der Waals surface area contributed by atoms with E-state index < -0.39 is 0 Å². The monoisotopic (exact) mass is 296 g/mol. The van der Waals surface area contributed by atoms with Gasteiger partial charge in [-0.1, -0.05) is 30.3 Å². The molecular weight excluding hydrogens is 276 g/mol. The third kappa shape index (κ3) is 2.77. The molecule has 0 fully saturated rings. The summed E-state index contributed by atoms with van der Waals surface area (Å²) in [5, 5.41) is 6.43. The maximum absolute atomic E-state index is 12.7. The Kier molecular flexibility index (Phi) is 4.00. The van der Waals surface area contributed by atoms with Gasteiger partial charge >= 0.3 is 0 Å². The lowest BCUT2D eigenvalue weighted by atomic mass is 9.87. The molecular formula is C18H20N2O2. The first-order valence-corrected chi connectivity index (χ1v) is 7.48. The largest absolute Gasteiger partial charge is 0.495 e. The van der Waals surface area contributed by atoms with Crippen LogP contribution < -0.4 is 15.4 Å². The second kappa shape index (κ2) is 6.10. The van der Waals surface area contributed by atoms with E-state index in [4.69, 9.17) is 4.74 Å². The van der Waals surface area contributed by atoms with E-state index in [0.29, 0.717) is 11.4 Å². The van der Waals surface area contributed by atoms with Gasteiger partial charge in [-0.2, -0.15) is 0 Å². The summed E-state index contributed by atoms with van der Waals surface area (Å²) in [6.45, 7) is 2.10. The number of para-hydroxylation sites is 3. The third-order valence-corrected chi connectivity index (χ3v) is 4.01. The van der Waals surface area contributed by atoms with Crippen molar-refractivity contribution >= 4 is 17.3 Å². The first-order valence-electron chi connectivity index (χ1n) is 7.48. The molecule has 2 unspecified atom stereocenters. The highest BCUT2D eigenvalue weighted by molar-refractivity contribution is 5.98. The number of rotatable bonds is 3. The highest BCUT2D eigenvalue weighted by Crippen LogP contribution is 2.35. The van der Waals surface area contributed by atoms with Crippen LogP contribution in [-0.4, -0.2) is 19.1 Å². The van der Waals surface area contributed by atoms with Crippen molar-refractivity contribution in [2.75, 3.05) is 17.7 Å². The zero-order valence-electron chi connectivity index (χ0n) is 12.8. The second-order valence-electron chi connectivity index (χ2n) is 5.61. The summed E-state index contributed by atoms with van der Waals surface area (Å²) >= 11 is 0. The molecule has 0 radical (unpaired) electrons. The molecule has 2 atom stereocenters. The summed E-state index contributed by atoms with van der Waals surface area (Å²) in [4.78, 5) is 12.7. The van der Waals surface area contributed by atoms with E-state index in [9.17, 15) is 4.79 Å². The van der Waals surface area contributed by atoms with E-state index in [0.717, 1.165) is 17.7 Å². The average molecular weight is 296 g/mol. The molecule has 4 nitrogen and oxygen atoms in total. The minimum Gasteiger partial charge on any atom is -0.495 e. The maximum Gasteiger partial charge on any atom is 0.232 e. The van der Waals surface area contributed by atoms with Crippen LogP contribution in [0, 0.1) is 0 Å². The Bertz CT molecular complexity index is 684. The number of hydrogen-bond acceptors (Lipinski definition) is 3. The van der Waals surface area contributed by atoms with Crippen molar-refractivity contribution in [3.8, 4) is 5.75 Å². The molecule has 3 rings (SSSR count). The lowest BCUT2D eigenvalue weighted by Crippen LogP contribution is -2.32. The van der Waals surface area contributed by atoms with Gasteiger partial charge in [0.15, 0.2) is 0 Å². The fourth-order valence-electron chi connectivity index (χ4n) is 2.95. The topological polar surface area (TPSA) is 50.4 Å². The molecule has 0 aliphatic carbocycles. The minimum absolute atomic E-state index is 0.00491. The van der Waals surface area contributed by atoms with Crippen LogP contribution in [0.4, 0.5) is 11.4 Å². The highest BCUT2D eigenvalue weighted by atomic mass is 16.5. The standard InChI is InChI=1S/C18H20N2O2/c1-12-11-14(13-7-3-4-8-15(13)19-12)18(21)20-16-9-5-6-10-17(16)22-2/h3-10,12,14,19H,11H2,1-2H3,(H,20,21). The Morgan fingerprint density at radius 3 is 2.73 bits per heavy atom. The summed E-state index contributed by atoms with van der Waals surface area (Å²) in [7, 11) is 1.60. The fraction of sp³-hybridized carbons (Fsp3) is 0.278. The van der Waals surface area contributed by atoms with Crippen molar-refractivity contribution < 1.29 is 9.53 Å². The van der Waals surface area contributed by atoms with E-state index in [1.165, 1.54) is 0 Å². The first-order chi connectivity index (χ1) is 10.7. The van der Waals surface area contributed by atoms with Gasteiger partial charge < -0.3 is 15.4 Å². The Hall–Kier alpha value is -2.49. The molecule has 114 valence electrons. The summed E-state index contributed by atoms with van der Waals surface area (Å²) in [5.74, 6) is 0.522. The van der Waals surface area contributed by atoms with Gasteiger partial charge in [0.05, 0.1) is 18.7 Å². The van der Waals surface area contributed by atoms with Crippen LogP contribution in [0.25, 0.3) is 0 Å². The molecule has 22 heavy (non-hydrogen) atoms. The smallest absolute Gasteiger partial charge is 0.232 e. The van der Waals surface area contributed by atoms with Gasteiger partial charge in [-0.15, -0.1) is 0 Å². The van der Waals surface area contributed by atoms with Crippen LogP contribution in [0.3, 0.4) is 0 Å². The number of nitrogens with one attached hydrogen (secondary N) is 2. The fourth-order valence-corrected chi connectivity index (χ4v) is 2.95. The number of anilines is 2. The van der Waals surface area contributed by atoms with E-state index in [2.05, 4.69) is 17.6 Å². The molecule has 0 saturated heterocycles. The van der Waals surface area contributed by atoms with E-state index in [1.807, 2.05) is 48.5 Å². The average Bonchev–Trinajstić information content (AvgIpc) is 2.54. The molecule has 1 aliphatic rings. The zero-order valence-corrected chi connectivity index (χ0v) is 12.8. The number of carbonyl (C=O) groups excluding carboxylic acids is 1. The van der Waals surface area contributed by atoms with E-state index >= 15 is 0 Å². The Morgan fingerprint density at radius 1 is 1.18 bits per heavy atom. The molecule has 1 aliphatic heterocycles. The first kappa shape index (κ1) is 14.4. The molecule has 1 heterocycles. The predicted molar refractivity (Wildman–Crippen MR) is 88.5 cm³/mol. The normalized spacial score (nSPS) is 19.7. The van der Waals surface area contributed by atoms with Crippen LogP contribution in [0.2, 0.25) is 0 Å². The van der Waals surface area contributed by atoms with Crippen molar-refractivity contribution in [1.82, 2.24) is 0 Å². The van der Waals surface area contributed by atoms with Gasteiger partial charge in [0.1, 0.15) is 5.75 Å². The van der Waals surface area contributed by atoms with E-state index in [1.54, 1.807) is 7.11 Å². The van der Waals surface area contributed by atoms with Crippen LogP contribution in [0.5, 0.6) is 5.75 Å². The van der Waals surface area contributed by atoms with Crippen molar-refractivity contribution in [3.63, 3.8) is 0 Å². The van der Waals surface area contributed by atoms with Gasteiger partial charge in [-0.25, -0.2) is 0 Å². The zero-order chi connectivity index (χ0) is 15.5. The van der Waals surface area contributed by atoms with Crippen LogP contribution in [0.1, 0.15) is 24.8 Å². The molecule has 1 amide bonds. The van der Waals surface area contributed by atoms with Crippen molar-refractivity contribution in [3.05, 3.63) is 54.1 Å². The number of ether oxygens (including phenoxy) is 1. The number of hydrogen-bond donors (Lipinski definition) is 2. The quantitative estimate of drug-likeness (QED) is 0.909. The number of benzene rings is 2.